The molecule has 2 heterocycles. The van der Waals surface area contributed by atoms with E-state index in [1.165, 1.54) is 0 Å². The van der Waals surface area contributed by atoms with Crippen LogP contribution in [0, 0.1) is 17.2 Å². The van der Waals surface area contributed by atoms with Gasteiger partial charge in [-0.25, -0.2) is 4.98 Å². The van der Waals surface area contributed by atoms with E-state index < -0.39 is 0 Å². The van der Waals surface area contributed by atoms with Gasteiger partial charge in [0.15, 0.2) is 5.69 Å². The molecule has 17 heavy (non-hydrogen) atoms. The second-order valence-electron chi connectivity index (χ2n) is 4.28. The third kappa shape index (κ3) is 2.48. The number of nitrogens with two attached hydrogens (primary N) is 1. The smallest absolute Gasteiger partial charge is 0.165 e. The minimum atomic E-state index is 0.303. The molecule has 1 aliphatic heterocycles. The second-order valence-corrected chi connectivity index (χ2v) is 4.28. The molecule has 1 atom stereocenters. The van der Waals surface area contributed by atoms with E-state index in [1.807, 2.05) is 12.1 Å². The molecule has 1 saturated heterocycles. The van der Waals surface area contributed by atoms with Crippen LogP contribution in [0.2, 0.25) is 0 Å². The van der Waals surface area contributed by atoms with Gasteiger partial charge in [0.05, 0.1) is 12.3 Å². The van der Waals surface area contributed by atoms with Crippen molar-refractivity contribution in [2.75, 3.05) is 37.4 Å². The molecule has 0 radical (unpaired) electrons. The fourth-order valence-electron chi connectivity index (χ4n) is 2.14. The standard InChI is InChI=1S/C12H16N4O/c1-17-8-9-4-5-16(7-9)12-3-2-10(14)11(6-13)15-12/h2-3,9H,4-5,7-8,14H2,1H3. The highest BCUT2D eigenvalue weighted by Crippen LogP contribution is 2.23. The van der Waals surface area contributed by atoms with Crippen molar-refractivity contribution in [2.45, 2.75) is 6.42 Å². The van der Waals surface area contributed by atoms with Gasteiger partial charge in [-0.15, -0.1) is 0 Å². The van der Waals surface area contributed by atoms with Gasteiger partial charge < -0.3 is 15.4 Å². The summed E-state index contributed by atoms with van der Waals surface area (Å²) in [7, 11) is 1.72. The Bertz CT molecular complexity index is 441. The van der Waals surface area contributed by atoms with Gasteiger partial charge in [0.25, 0.3) is 0 Å². The Morgan fingerprint density at radius 3 is 3.18 bits per heavy atom. The lowest BCUT2D eigenvalue weighted by atomic mass is 10.1. The van der Waals surface area contributed by atoms with Crippen molar-refractivity contribution < 1.29 is 4.74 Å². The molecule has 1 unspecified atom stereocenters. The number of anilines is 2. The Balaban J connectivity index is 2.11. The maximum atomic E-state index is 8.89. The Morgan fingerprint density at radius 2 is 2.47 bits per heavy atom. The molecule has 2 rings (SSSR count). The Labute approximate surface area is 101 Å². The molecule has 0 aromatic carbocycles. The van der Waals surface area contributed by atoms with Crippen LogP contribution < -0.4 is 10.6 Å². The Morgan fingerprint density at radius 1 is 1.65 bits per heavy atom. The number of aromatic nitrogens is 1. The number of rotatable bonds is 3. The first-order valence-corrected chi connectivity index (χ1v) is 5.65. The summed E-state index contributed by atoms with van der Waals surface area (Å²) in [6.07, 6.45) is 1.10. The van der Waals surface area contributed by atoms with Crippen LogP contribution in [-0.4, -0.2) is 31.8 Å². The zero-order valence-corrected chi connectivity index (χ0v) is 9.89. The molecule has 2 N–H and O–H groups in total. The van der Waals surface area contributed by atoms with Crippen LogP contribution in [0.25, 0.3) is 0 Å². The van der Waals surface area contributed by atoms with Gasteiger partial charge in [-0.1, -0.05) is 0 Å². The van der Waals surface area contributed by atoms with E-state index in [0.717, 1.165) is 31.9 Å². The Kier molecular flexibility index (Phi) is 3.45. The maximum absolute atomic E-state index is 8.89. The van der Waals surface area contributed by atoms with E-state index >= 15 is 0 Å². The van der Waals surface area contributed by atoms with Crippen LogP contribution in [-0.2, 0) is 4.74 Å². The molecule has 1 aromatic heterocycles. The third-order valence-electron chi connectivity index (χ3n) is 3.03. The average molecular weight is 232 g/mol. The van der Waals surface area contributed by atoms with E-state index in [-0.39, 0.29) is 0 Å². The third-order valence-corrected chi connectivity index (χ3v) is 3.03. The van der Waals surface area contributed by atoms with Crippen molar-refractivity contribution in [3.05, 3.63) is 17.8 Å². The fourth-order valence-corrected chi connectivity index (χ4v) is 2.14. The number of methoxy groups -OCH3 is 1. The number of ether oxygens (including phenoxy) is 1. The number of hydrogen-bond donors (Lipinski definition) is 1. The van der Waals surface area contributed by atoms with E-state index in [0.29, 0.717) is 17.3 Å². The molecule has 0 bridgehead atoms. The molecular weight excluding hydrogens is 216 g/mol. The zero-order valence-electron chi connectivity index (χ0n) is 9.89. The first kappa shape index (κ1) is 11.7. The first-order chi connectivity index (χ1) is 8.24. The van der Waals surface area contributed by atoms with Crippen molar-refractivity contribution in [3.8, 4) is 6.07 Å². The largest absolute Gasteiger partial charge is 0.396 e. The summed E-state index contributed by atoms with van der Waals surface area (Å²) >= 11 is 0. The summed E-state index contributed by atoms with van der Waals surface area (Å²) in [5.74, 6) is 1.37. The van der Waals surface area contributed by atoms with Crippen molar-refractivity contribution >= 4 is 11.5 Å². The monoisotopic (exact) mass is 232 g/mol. The summed E-state index contributed by atoms with van der Waals surface area (Å²) in [4.78, 5) is 6.44. The van der Waals surface area contributed by atoms with Gasteiger partial charge in [-0.3, -0.25) is 0 Å². The van der Waals surface area contributed by atoms with Crippen LogP contribution in [0.1, 0.15) is 12.1 Å². The van der Waals surface area contributed by atoms with E-state index in [4.69, 9.17) is 15.7 Å². The average Bonchev–Trinajstić information content (AvgIpc) is 2.79. The molecule has 0 aliphatic carbocycles. The molecule has 5 nitrogen and oxygen atoms in total. The van der Waals surface area contributed by atoms with Crippen LogP contribution in [0.4, 0.5) is 11.5 Å². The van der Waals surface area contributed by atoms with Gasteiger partial charge in [0.1, 0.15) is 11.9 Å². The van der Waals surface area contributed by atoms with Crippen molar-refractivity contribution in [1.29, 1.82) is 5.26 Å². The summed E-state index contributed by atoms with van der Waals surface area (Å²) in [5, 5.41) is 8.89. The SMILES string of the molecule is COCC1CCN(c2ccc(N)c(C#N)n2)C1. The normalized spacial score (nSPS) is 19.3. The lowest BCUT2D eigenvalue weighted by Gasteiger charge is -2.17. The molecule has 90 valence electrons. The fraction of sp³-hybridized carbons (Fsp3) is 0.500. The zero-order chi connectivity index (χ0) is 12.3. The predicted octanol–water partition coefficient (Wildman–Crippen LogP) is 1.01. The van der Waals surface area contributed by atoms with Crippen molar-refractivity contribution in [2.24, 2.45) is 5.92 Å². The molecular formula is C12H16N4O. The van der Waals surface area contributed by atoms with Gasteiger partial charge in [0.2, 0.25) is 0 Å². The van der Waals surface area contributed by atoms with E-state index in [1.54, 1.807) is 13.2 Å². The molecule has 0 spiro atoms. The van der Waals surface area contributed by atoms with Gasteiger partial charge in [-0.05, 0) is 18.6 Å². The minimum Gasteiger partial charge on any atom is -0.396 e. The highest BCUT2D eigenvalue weighted by molar-refractivity contribution is 5.55. The van der Waals surface area contributed by atoms with Gasteiger partial charge in [-0.2, -0.15) is 5.26 Å². The van der Waals surface area contributed by atoms with Crippen LogP contribution in [0.15, 0.2) is 12.1 Å². The summed E-state index contributed by atoms with van der Waals surface area (Å²) in [6.45, 7) is 2.65. The number of nitrogen functional groups attached to an aromatic ring is 1. The number of nitriles is 1. The summed E-state index contributed by atoms with van der Waals surface area (Å²) < 4.78 is 5.15. The molecule has 1 aromatic rings. The number of pyridine rings is 1. The minimum absolute atomic E-state index is 0.303. The second kappa shape index (κ2) is 5.02. The predicted molar refractivity (Wildman–Crippen MR) is 65.6 cm³/mol. The van der Waals surface area contributed by atoms with Crippen LogP contribution in [0.5, 0.6) is 0 Å². The Hall–Kier alpha value is -1.80. The molecule has 0 amide bonds. The summed E-state index contributed by atoms with van der Waals surface area (Å²) in [6, 6.07) is 5.62. The lowest BCUT2D eigenvalue weighted by molar-refractivity contribution is 0.161. The lowest BCUT2D eigenvalue weighted by Crippen LogP contribution is -2.22. The van der Waals surface area contributed by atoms with Crippen molar-refractivity contribution in [1.82, 2.24) is 4.98 Å². The van der Waals surface area contributed by atoms with E-state index in [9.17, 15) is 0 Å². The molecule has 5 heteroatoms. The van der Waals surface area contributed by atoms with Gasteiger partial charge >= 0.3 is 0 Å². The van der Waals surface area contributed by atoms with Crippen LogP contribution in [0.3, 0.4) is 0 Å². The summed E-state index contributed by atoms with van der Waals surface area (Å²) in [5.41, 5.74) is 6.39. The van der Waals surface area contributed by atoms with E-state index in [2.05, 4.69) is 9.88 Å². The molecule has 1 aliphatic rings. The molecule has 0 saturated carbocycles. The highest BCUT2D eigenvalue weighted by Gasteiger charge is 2.23. The number of nitrogens with zero attached hydrogens (tertiary/aromatic N) is 3. The highest BCUT2D eigenvalue weighted by atomic mass is 16.5. The van der Waals surface area contributed by atoms with Crippen LogP contribution >= 0.6 is 0 Å². The maximum Gasteiger partial charge on any atom is 0.165 e. The molecule has 1 fully saturated rings. The quantitative estimate of drug-likeness (QED) is 0.841. The topological polar surface area (TPSA) is 75.2 Å². The first-order valence-electron chi connectivity index (χ1n) is 5.65. The number of hydrogen-bond acceptors (Lipinski definition) is 5. The van der Waals surface area contributed by atoms with Gasteiger partial charge in [0, 0.05) is 26.1 Å². The van der Waals surface area contributed by atoms with Crippen molar-refractivity contribution in [3.63, 3.8) is 0 Å².